The fourth-order valence-corrected chi connectivity index (χ4v) is 2.48. The summed E-state index contributed by atoms with van der Waals surface area (Å²) in [6.45, 7) is 1.40. The van der Waals surface area contributed by atoms with Crippen molar-refractivity contribution in [2.45, 2.75) is 19.4 Å². The number of hydrogen-bond donors (Lipinski definition) is 2. The predicted molar refractivity (Wildman–Crippen MR) is 75.3 cm³/mol. The molecule has 0 fully saturated rings. The average Bonchev–Trinajstić information content (AvgIpc) is 2.95. The molecule has 0 saturated heterocycles. The van der Waals surface area contributed by atoms with E-state index in [1.165, 1.54) is 12.3 Å². The first-order chi connectivity index (χ1) is 10.2. The van der Waals surface area contributed by atoms with Crippen molar-refractivity contribution < 1.29 is 9.18 Å². The molecule has 1 aliphatic rings. The van der Waals surface area contributed by atoms with Gasteiger partial charge >= 0.3 is 6.03 Å². The molecule has 21 heavy (non-hydrogen) atoms. The largest absolute Gasteiger partial charge is 0.338 e. The Hall–Kier alpha value is -2.44. The number of hydrogen-bond acceptors (Lipinski definition) is 3. The van der Waals surface area contributed by atoms with Crippen LogP contribution in [0.2, 0.25) is 0 Å². The van der Waals surface area contributed by atoms with Crippen LogP contribution in [0, 0.1) is 11.7 Å². The summed E-state index contributed by atoms with van der Waals surface area (Å²) in [5.74, 6) is 0.905. The number of imidazole rings is 1. The van der Waals surface area contributed by atoms with E-state index in [-0.39, 0.29) is 5.69 Å². The molecule has 0 saturated carbocycles. The number of amides is 2. The van der Waals surface area contributed by atoms with E-state index in [9.17, 15) is 9.18 Å². The summed E-state index contributed by atoms with van der Waals surface area (Å²) in [5, 5.41) is 5.26. The van der Waals surface area contributed by atoms with Gasteiger partial charge in [0.15, 0.2) is 5.82 Å². The number of fused-ring (bicyclic) bond motifs is 1. The van der Waals surface area contributed by atoms with Gasteiger partial charge in [0.2, 0.25) is 0 Å². The molecule has 7 heteroatoms. The number of halogens is 1. The third-order valence-corrected chi connectivity index (χ3v) is 3.60. The van der Waals surface area contributed by atoms with E-state index in [0.29, 0.717) is 12.5 Å². The molecule has 2 amide bonds. The van der Waals surface area contributed by atoms with Crippen LogP contribution < -0.4 is 10.6 Å². The molecule has 3 rings (SSSR count). The predicted octanol–water partition coefficient (Wildman–Crippen LogP) is 1.80. The van der Waals surface area contributed by atoms with Crippen molar-refractivity contribution in [1.82, 2.24) is 19.9 Å². The highest BCUT2D eigenvalue weighted by atomic mass is 19.1. The maximum absolute atomic E-state index is 13.4. The third-order valence-electron chi connectivity index (χ3n) is 3.60. The van der Waals surface area contributed by atoms with E-state index in [2.05, 4.69) is 25.2 Å². The first kappa shape index (κ1) is 13.5. The zero-order chi connectivity index (χ0) is 14.7. The van der Waals surface area contributed by atoms with Crippen LogP contribution in [0.25, 0.3) is 0 Å². The van der Waals surface area contributed by atoms with Gasteiger partial charge in [-0.3, -0.25) is 4.98 Å². The Morgan fingerprint density at radius 2 is 2.38 bits per heavy atom. The summed E-state index contributed by atoms with van der Waals surface area (Å²) in [7, 11) is 0. The van der Waals surface area contributed by atoms with Gasteiger partial charge in [-0.25, -0.2) is 14.2 Å². The lowest BCUT2D eigenvalue weighted by molar-refractivity contribution is 0.247. The van der Waals surface area contributed by atoms with Crippen LogP contribution in [-0.4, -0.2) is 27.1 Å². The van der Waals surface area contributed by atoms with E-state index < -0.39 is 11.8 Å². The van der Waals surface area contributed by atoms with Gasteiger partial charge in [-0.15, -0.1) is 0 Å². The van der Waals surface area contributed by atoms with Gasteiger partial charge in [-0.1, -0.05) is 0 Å². The van der Waals surface area contributed by atoms with E-state index in [4.69, 9.17) is 0 Å². The van der Waals surface area contributed by atoms with Gasteiger partial charge in [-0.05, 0) is 18.4 Å². The number of carbonyl (C=O) groups is 1. The number of carbonyl (C=O) groups excluding carboxylic acids is 1. The van der Waals surface area contributed by atoms with Crippen molar-refractivity contribution in [3.63, 3.8) is 0 Å². The molecule has 0 unspecified atom stereocenters. The lowest BCUT2D eigenvalue weighted by atomic mass is 9.99. The molecular weight excluding hydrogens is 273 g/mol. The number of pyridine rings is 1. The van der Waals surface area contributed by atoms with Gasteiger partial charge < -0.3 is 15.2 Å². The van der Waals surface area contributed by atoms with Crippen molar-refractivity contribution in [3.05, 3.63) is 42.5 Å². The van der Waals surface area contributed by atoms with Gasteiger partial charge in [-0.2, -0.15) is 0 Å². The molecule has 1 atom stereocenters. The van der Waals surface area contributed by atoms with Crippen LogP contribution in [0.5, 0.6) is 0 Å². The molecule has 2 aromatic heterocycles. The number of urea groups is 1. The minimum absolute atomic E-state index is 0.128. The van der Waals surface area contributed by atoms with Crippen molar-refractivity contribution >= 4 is 11.7 Å². The molecule has 0 bridgehead atoms. The minimum Gasteiger partial charge on any atom is -0.338 e. The number of rotatable bonds is 3. The Balaban J connectivity index is 1.50. The summed E-state index contributed by atoms with van der Waals surface area (Å²) in [5.41, 5.74) is 0.128. The summed E-state index contributed by atoms with van der Waals surface area (Å²) in [6.07, 6.45) is 8.15. The van der Waals surface area contributed by atoms with Crippen molar-refractivity contribution in [3.8, 4) is 0 Å². The Morgan fingerprint density at radius 3 is 3.24 bits per heavy atom. The minimum atomic E-state index is -0.548. The quantitative estimate of drug-likeness (QED) is 0.905. The van der Waals surface area contributed by atoms with Gasteiger partial charge in [0.1, 0.15) is 5.82 Å². The second-order valence-electron chi connectivity index (χ2n) is 5.09. The SMILES string of the molecule is O=C(NC[C@@H]1CCc2nccn2C1)Nc1ccncc1F. The second-order valence-corrected chi connectivity index (χ2v) is 5.09. The molecule has 3 heterocycles. The van der Waals surface area contributed by atoms with Crippen LogP contribution in [0.3, 0.4) is 0 Å². The molecular formula is C14H16FN5O. The average molecular weight is 289 g/mol. The number of aromatic nitrogens is 3. The lowest BCUT2D eigenvalue weighted by Gasteiger charge is -2.24. The zero-order valence-corrected chi connectivity index (χ0v) is 11.4. The van der Waals surface area contributed by atoms with Crippen LogP contribution in [0.15, 0.2) is 30.9 Å². The van der Waals surface area contributed by atoms with Crippen molar-refractivity contribution in [2.75, 3.05) is 11.9 Å². The fraction of sp³-hybridized carbons (Fsp3) is 0.357. The van der Waals surface area contributed by atoms with E-state index in [0.717, 1.165) is 31.4 Å². The van der Waals surface area contributed by atoms with E-state index >= 15 is 0 Å². The normalized spacial score (nSPS) is 17.1. The Bertz CT molecular complexity index is 642. The van der Waals surface area contributed by atoms with Gasteiger partial charge in [0.05, 0.1) is 11.9 Å². The third kappa shape index (κ3) is 3.18. The molecule has 6 nitrogen and oxygen atoms in total. The van der Waals surface area contributed by atoms with Crippen LogP contribution in [-0.2, 0) is 13.0 Å². The first-order valence-corrected chi connectivity index (χ1v) is 6.87. The highest BCUT2D eigenvalue weighted by molar-refractivity contribution is 5.89. The second kappa shape index (κ2) is 5.90. The molecule has 0 aromatic carbocycles. The molecule has 1 aliphatic heterocycles. The van der Waals surface area contributed by atoms with Gasteiger partial charge in [0.25, 0.3) is 0 Å². The number of anilines is 1. The van der Waals surface area contributed by atoms with Gasteiger partial charge in [0, 0.05) is 38.1 Å². The summed E-state index contributed by atoms with van der Waals surface area (Å²) in [6, 6.07) is 1.02. The fourth-order valence-electron chi connectivity index (χ4n) is 2.48. The highest BCUT2D eigenvalue weighted by Gasteiger charge is 2.19. The lowest BCUT2D eigenvalue weighted by Crippen LogP contribution is -2.36. The molecule has 0 spiro atoms. The van der Waals surface area contributed by atoms with Crippen LogP contribution in [0.1, 0.15) is 12.2 Å². The summed E-state index contributed by atoms with van der Waals surface area (Å²) >= 11 is 0. The standard InChI is InChI=1S/C14H16FN5O/c15-11-8-16-4-3-12(11)19-14(21)18-7-10-1-2-13-17-5-6-20(13)9-10/h3-6,8,10H,1-2,7,9H2,(H2,16,18,19,21)/t10-/m0/s1. The maximum Gasteiger partial charge on any atom is 0.319 e. The molecule has 2 aromatic rings. The van der Waals surface area contributed by atoms with E-state index in [1.807, 2.05) is 6.20 Å². The summed E-state index contributed by atoms with van der Waals surface area (Å²) < 4.78 is 15.5. The Kier molecular flexibility index (Phi) is 3.81. The number of aryl methyl sites for hydroxylation is 1. The molecule has 0 radical (unpaired) electrons. The Morgan fingerprint density at radius 1 is 1.48 bits per heavy atom. The molecule has 2 N–H and O–H groups in total. The number of nitrogens with zero attached hydrogens (tertiary/aromatic N) is 3. The Labute approximate surface area is 121 Å². The van der Waals surface area contributed by atoms with Crippen molar-refractivity contribution in [1.29, 1.82) is 0 Å². The smallest absolute Gasteiger partial charge is 0.319 e. The van der Waals surface area contributed by atoms with Crippen LogP contribution >= 0.6 is 0 Å². The topological polar surface area (TPSA) is 71.8 Å². The highest BCUT2D eigenvalue weighted by Crippen LogP contribution is 2.18. The van der Waals surface area contributed by atoms with Crippen molar-refractivity contribution in [2.24, 2.45) is 5.92 Å². The van der Waals surface area contributed by atoms with Crippen LogP contribution in [0.4, 0.5) is 14.9 Å². The summed E-state index contributed by atoms with van der Waals surface area (Å²) in [4.78, 5) is 19.7. The monoisotopic (exact) mass is 289 g/mol. The molecule has 0 aliphatic carbocycles. The zero-order valence-electron chi connectivity index (χ0n) is 11.4. The number of nitrogens with one attached hydrogen (secondary N) is 2. The maximum atomic E-state index is 13.4. The first-order valence-electron chi connectivity index (χ1n) is 6.87. The van der Waals surface area contributed by atoms with E-state index in [1.54, 1.807) is 6.20 Å². The molecule has 110 valence electrons.